The summed E-state index contributed by atoms with van der Waals surface area (Å²) in [5, 5.41) is 3.25. The molecule has 0 radical (unpaired) electrons. The molecule has 0 saturated carbocycles. The number of nitrogens with one attached hydrogen (secondary N) is 1. The van der Waals surface area contributed by atoms with Crippen LogP contribution in [-0.4, -0.2) is 57.5 Å². The first-order valence-electron chi connectivity index (χ1n) is 7.84. The second-order valence-corrected chi connectivity index (χ2v) is 7.58. The average Bonchev–Trinajstić information content (AvgIpc) is 2.24. The summed E-state index contributed by atoms with van der Waals surface area (Å²) >= 11 is 0. The molecule has 0 heterocycles. The van der Waals surface area contributed by atoms with Gasteiger partial charge in [0.05, 0.1) is 0 Å². The number of ether oxygens (including phenoxy) is 1. The minimum Gasteiger partial charge on any atom is -0.371 e. The fraction of sp³-hybridized carbons (Fsp3) is 1.00. The van der Waals surface area contributed by atoms with Crippen LogP contribution < -0.4 is 5.32 Å². The van der Waals surface area contributed by atoms with Gasteiger partial charge in [0.2, 0.25) is 0 Å². The molecule has 134 valence electrons. The molecule has 3 nitrogen and oxygen atoms in total. The lowest BCUT2D eigenvalue weighted by Crippen LogP contribution is -2.47. The van der Waals surface area contributed by atoms with Gasteiger partial charge in [0.1, 0.15) is 0 Å². The maximum Gasteiger partial charge on any atom is 0.415 e. The van der Waals surface area contributed by atoms with Gasteiger partial charge in [-0.15, -0.1) is 0 Å². The highest BCUT2D eigenvalue weighted by Crippen LogP contribution is 2.43. The van der Waals surface area contributed by atoms with E-state index in [-0.39, 0.29) is 5.41 Å². The van der Waals surface area contributed by atoms with Crippen LogP contribution >= 0.6 is 0 Å². The molecular formula is C16H33F3N2O. The number of rotatable bonds is 10. The molecule has 0 aromatic carbocycles. The quantitative estimate of drug-likeness (QED) is 0.621. The Morgan fingerprint density at radius 2 is 1.68 bits per heavy atom. The number of nitrogens with zero attached hydrogens (tertiary/aromatic N) is 1. The highest BCUT2D eigenvalue weighted by Gasteiger charge is 2.50. The molecule has 1 atom stereocenters. The van der Waals surface area contributed by atoms with E-state index in [0.717, 1.165) is 33.3 Å². The summed E-state index contributed by atoms with van der Waals surface area (Å²) in [5.74, 6) is 0. The van der Waals surface area contributed by atoms with Crippen LogP contribution in [0.5, 0.6) is 0 Å². The van der Waals surface area contributed by atoms with Crippen molar-refractivity contribution in [2.75, 3.05) is 40.3 Å². The molecule has 0 aromatic rings. The predicted octanol–water partition coefficient (Wildman–Crippen LogP) is 3.55. The Morgan fingerprint density at radius 1 is 1.14 bits per heavy atom. The highest BCUT2D eigenvalue weighted by molar-refractivity contribution is 4.90. The smallest absolute Gasteiger partial charge is 0.371 e. The molecule has 0 bridgehead atoms. The van der Waals surface area contributed by atoms with E-state index in [1.54, 1.807) is 13.8 Å². The van der Waals surface area contributed by atoms with E-state index in [9.17, 15) is 13.2 Å². The van der Waals surface area contributed by atoms with Crippen molar-refractivity contribution in [3.05, 3.63) is 0 Å². The lowest BCUT2D eigenvalue weighted by molar-refractivity contribution is -0.247. The standard InChI is InChI=1S/C16H33F3N2O/c1-8-20-9-10-21(6)12-14(2,3)11-15(4,5)13(22-7)16(17,18)19/h13,20H,8-12H2,1-7H3. The molecule has 0 fully saturated rings. The number of likely N-dealkylation sites (N-methyl/N-ethyl adjacent to an activating group) is 2. The Kier molecular flexibility index (Phi) is 8.37. The van der Waals surface area contributed by atoms with Crippen molar-refractivity contribution in [3.63, 3.8) is 0 Å². The van der Waals surface area contributed by atoms with Crippen LogP contribution in [0.3, 0.4) is 0 Å². The van der Waals surface area contributed by atoms with E-state index in [2.05, 4.69) is 17.1 Å². The first-order chi connectivity index (χ1) is 9.85. The normalized spacial score (nSPS) is 15.4. The van der Waals surface area contributed by atoms with Crippen LogP contribution in [0.4, 0.5) is 13.2 Å². The molecule has 0 rings (SSSR count). The third-order valence-electron chi connectivity index (χ3n) is 3.80. The van der Waals surface area contributed by atoms with Crippen molar-refractivity contribution in [3.8, 4) is 0 Å². The molecule has 22 heavy (non-hydrogen) atoms. The number of hydrogen-bond acceptors (Lipinski definition) is 3. The van der Waals surface area contributed by atoms with E-state index in [0.29, 0.717) is 6.42 Å². The molecule has 0 aliphatic rings. The van der Waals surface area contributed by atoms with Crippen molar-refractivity contribution in [1.82, 2.24) is 10.2 Å². The summed E-state index contributed by atoms with van der Waals surface area (Å²) in [6, 6.07) is 0. The van der Waals surface area contributed by atoms with Gasteiger partial charge in [-0.05, 0) is 25.4 Å². The summed E-state index contributed by atoms with van der Waals surface area (Å²) in [7, 11) is 3.14. The average molecular weight is 326 g/mol. The second kappa shape index (κ2) is 8.50. The first kappa shape index (κ1) is 21.7. The number of hydrogen-bond donors (Lipinski definition) is 1. The van der Waals surface area contributed by atoms with Crippen molar-refractivity contribution >= 4 is 0 Å². The van der Waals surface area contributed by atoms with Gasteiger partial charge in [0, 0.05) is 32.2 Å². The second-order valence-electron chi connectivity index (χ2n) is 7.58. The predicted molar refractivity (Wildman–Crippen MR) is 85.1 cm³/mol. The van der Waals surface area contributed by atoms with Gasteiger partial charge >= 0.3 is 6.18 Å². The van der Waals surface area contributed by atoms with Crippen LogP contribution in [0, 0.1) is 10.8 Å². The molecular weight excluding hydrogens is 293 g/mol. The Hall–Kier alpha value is -0.330. The maximum absolute atomic E-state index is 13.1. The van der Waals surface area contributed by atoms with Crippen LogP contribution in [0.1, 0.15) is 41.0 Å². The molecule has 0 aliphatic carbocycles. The summed E-state index contributed by atoms with van der Waals surface area (Å²) in [5.41, 5.74) is -1.20. The molecule has 0 saturated heterocycles. The molecule has 0 spiro atoms. The lowest BCUT2D eigenvalue weighted by atomic mass is 9.71. The topological polar surface area (TPSA) is 24.5 Å². The highest BCUT2D eigenvalue weighted by atomic mass is 19.4. The van der Waals surface area contributed by atoms with Gasteiger partial charge in [-0.1, -0.05) is 34.6 Å². The zero-order valence-electron chi connectivity index (χ0n) is 15.1. The summed E-state index contributed by atoms with van der Waals surface area (Å²) in [4.78, 5) is 2.16. The fourth-order valence-corrected chi connectivity index (χ4v) is 3.53. The Balaban J connectivity index is 4.72. The van der Waals surface area contributed by atoms with E-state index in [4.69, 9.17) is 4.74 Å². The Labute approximate surface area is 133 Å². The van der Waals surface area contributed by atoms with Crippen molar-refractivity contribution in [2.45, 2.75) is 53.3 Å². The molecule has 0 aromatic heterocycles. The Morgan fingerprint density at radius 3 is 2.09 bits per heavy atom. The number of alkyl halides is 3. The number of halogens is 3. The van der Waals surface area contributed by atoms with Gasteiger partial charge in [0.15, 0.2) is 6.10 Å². The third kappa shape index (κ3) is 7.79. The molecule has 0 aliphatic heterocycles. The summed E-state index contributed by atoms with van der Waals surface area (Å²) in [6.07, 6.45) is -5.65. The Bertz CT molecular complexity index is 317. The van der Waals surface area contributed by atoms with Crippen LogP contribution in [0.25, 0.3) is 0 Å². The third-order valence-corrected chi connectivity index (χ3v) is 3.80. The van der Waals surface area contributed by atoms with Gasteiger partial charge in [-0.2, -0.15) is 13.2 Å². The number of methoxy groups -OCH3 is 1. The van der Waals surface area contributed by atoms with Crippen LogP contribution in [0.2, 0.25) is 0 Å². The van der Waals surface area contributed by atoms with Gasteiger partial charge in [-0.25, -0.2) is 0 Å². The fourth-order valence-electron chi connectivity index (χ4n) is 3.53. The minimum atomic E-state index is -4.34. The summed E-state index contributed by atoms with van der Waals surface area (Å²) < 4.78 is 44.1. The lowest BCUT2D eigenvalue weighted by Gasteiger charge is -2.41. The molecule has 1 unspecified atom stereocenters. The van der Waals surface area contributed by atoms with Crippen molar-refractivity contribution in [1.29, 1.82) is 0 Å². The molecule has 6 heteroatoms. The van der Waals surface area contributed by atoms with Gasteiger partial charge in [0.25, 0.3) is 0 Å². The molecule has 1 N–H and O–H groups in total. The van der Waals surface area contributed by atoms with Gasteiger partial charge in [-0.3, -0.25) is 0 Å². The minimum absolute atomic E-state index is 0.230. The summed E-state index contributed by atoms with van der Waals surface area (Å²) in [6.45, 7) is 12.8. The van der Waals surface area contributed by atoms with Gasteiger partial charge < -0.3 is 15.0 Å². The van der Waals surface area contributed by atoms with E-state index < -0.39 is 17.7 Å². The SMILES string of the molecule is CCNCCN(C)CC(C)(C)CC(C)(C)C(OC)C(F)(F)F. The van der Waals surface area contributed by atoms with Crippen LogP contribution in [-0.2, 0) is 4.74 Å². The van der Waals surface area contributed by atoms with Crippen molar-refractivity contribution < 1.29 is 17.9 Å². The van der Waals surface area contributed by atoms with E-state index >= 15 is 0 Å². The zero-order chi connectivity index (χ0) is 17.6. The maximum atomic E-state index is 13.1. The van der Waals surface area contributed by atoms with E-state index in [1.165, 1.54) is 0 Å². The monoisotopic (exact) mass is 326 g/mol. The zero-order valence-corrected chi connectivity index (χ0v) is 15.1. The van der Waals surface area contributed by atoms with Crippen LogP contribution in [0.15, 0.2) is 0 Å². The van der Waals surface area contributed by atoms with E-state index in [1.807, 2.05) is 20.9 Å². The molecule has 0 amide bonds. The first-order valence-corrected chi connectivity index (χ1v) is 7.84. The largest absolute Gasteiger partial charge is 0.415 e. The van der Waals surface area contributed by atoms with Crippen molar-refractivity contribution in [2.24, 2.45) is 10.8 Å².